The highest BCUT2D eigenvalue weighted by atomic mass is 35.5. The van der Waals surface area contributed by atoms with Crippen LogP contribution in [0, 0.1) is 0 Å². The summed E-state index contributed by atoms with van der Waals surface area (Å²) >= 11 is 14.7. The largest absolute Gasteiger partial charge is 0.748 e. The first kappa shape index (κ1) is 29.7. The predicted octanol–water partition coefficient (Wildman–Crippen LogP) is 3.37. The van der Waals surface area contributed by atoms with Gasteiger partial charge in [0.15, 0.2) is 11.9 Å². The summed E-state index contributed by atoms with van der Waals surface area (Å²) in [6, 6.07) is 0.148. The zero-order chi connectivity index (χ0) is 27.1. The lowest BCUT2D eigenvalue weighted by molar-refractivity contribution is -0.561. The maximum Gasteiger partial charge on any atom is 0.267 e. The summed E-state index contributed by atoms with van der Waals surface area (Å²) in [6.45, 7) is 3.73. The molecule has 3 fully saturated rings. The second-order valence-electron chi connectivity index (χ2n) is 10.7. The van der Waals surface area contributed by atoms with Crippen LogP contribution in [0.1, 0.15) is 65.2 Å². The summed E-state index contributed by atoms with van der Waals surface area (Å²) in [6.07, 6.45) is 7.35. The number of nitrogens with zero attached hydrogens (tertiary/aromatic N) is 2. The molecule has 9 nitrogen and oxygen atoms in total. The average Bonchev–Trinajstić information content (AvgIpc) is 3.31. The normalized spacial score (nSPS) is 35.3. The number of rotatable bonds is 9. The highest BCUT2D eigenvalue weighted by molar-refractivity contribution is 8.14. The second kappa shape index (κ2) is 11.7. The molecule has 0 bridgehead atoms. The van der Waals surface area contributed by atoms with Crippen molar-refractivity contribution in [3.05, 3.63) is 12.0 Å². The molecule has 0 amide bonds. The van der Waals surface area contributed by atoms with Crippen LogP contribution in [-0.2, 0) is 25.0 Å². The number of ether oxygens (including phenoxy) is 1. The topological polar surface area (TPSA) is 127 Å². The quantitative estimate of drug-likeness (QED) is 0.235. The van der Waals surface area contributed by atoms with Gasteiger partial charge in [-0.3, -0.25) is 4.55 Å². The van der Waals surface area contributed by atoms with Crippen LogP contribution in [0.25, 0.3) is 0 Å². The van der Waals surface area contributed by atoms with E-state index in [1.807, 2.05) is 6.08 Å². The fraction of sp³-hybridized carbons (Fsp3) is 0.870. The summed E-state index contributed by atoms with van der Waals surface area (Å²) in [5.41, 5.74) is 0. The van der Waals surface area contributed by atoms with Crippen molar-refractivity contribution < 1.29 is 35.3 Å². The van der Waals surface area contributed by atoms with Crippen LogP contribution in [0.2, 0.25) is 0 Å². The van der Waals surface area contributed by atoms with Crippen LogP contribution in [0.4, 0.5) is 0 Å². The maximum absolute atomic E-state index is 11.6. The Morgan fingerprint density at radius 2 is 1.78 bits per heavy atom. The molecule has 4 rings (SSSR count). The minimum absolute atomic E-state index is 0.00133. The third-order valence-corrected chi connectivity index (χ3v) is 12.8. The molecule has 37 heavy (non-hydrogen) atoms. The van der Waals surface area contributed by atoms with Gasteiger partial charge in [-0.25, -0.2) is 13.0 Å². The van der Waals surface area contributed by atoms with E-state index in [9.17, 15) is 25.9 Å². The summed E-state index contributed by atoms with van der Waals surface area (Å²) in [7, 11) is -8.53. The van der Waals surface area contributed by atoms with Crippen molar-refractivity contribution in [3.8, 4) is 0 Å². The number of hydrogen-bond donors (Lipinski definition) is 1. The Balaban J connectivity index is 1.64. The van der Waals surface area contributed by atoms with Gasteiger partial charge < -0.3 is 14.2 Å². The Labute approximate surface area is 234 Å². The second-order valence-corrected chi connectivity index (χ2v) is 16.8. The molecule has 2 heterocycles. The van der Waals surface area contributed by atoms with E-state index in [-0.39, 0.29) is 41.8 Å². The molecule has 0 aromatic rings. The fourth-order valence-corrected chi connectivity index (χ4v) is 8.59. The predicted molar refractivity (Wildman–Crippen MR) is 145 cm³/mol. The molecular weight excluding hydrogens is 583 g/mol. The first-order chi connectivity index (χ1) is 17.2. The van der Waals surface area contributed by atoms with E-state index in [1.54, 1.807) is 11.8 Å². The minimum Gasteiger partial charge on any atom is -0.748 e. The van der Waals surface area contributed by atoms with Crippen molar-refractivity contribution in [1.82, 2.24) is 4.90 Å². The van der Waals surface area contributed by atoms with E-state index in [0.29, 0.717) is 30.6 Å². The van der Waals surface area contributed by atoms with Gasteiger partial charge in [0, 0.05) is 35.4 Å². The Hall–Kier alpha value is -0.240. The van der Waals surface area contributed by atoms with Crippen molar-refractivity contribution >= 4 is 60.2 Å². The van der Waals surface area contributed by atoms with E-state index in [0.717, 1.165) is 37.1 Å². The average molecular weight is 620 g/mol. The van der Waals surface area contributed by atoms with Gasteiger partial charge in [-0.15, -0.1) is 23.2 Å². The smallest absolute Gasteiger partial charge is 0.267 e. The number of thioether (sulfide) groups is 1. The zero-order valence-electron chi connectivity index (χ0n) is 21.0. The lowest BCUT2D eigenvalue weighted by Gasteiger charge is -2.32. The number of fused-ring (bicyclic) bond motifs is 2. The van der Waals surface area contributed by atoms with Crippen molar-refractivity contribution in [3.63, 3.8) is 0 Å². The Kier molecular flexibility index (Phi) is 9.41. The van der Waals surface area contributed by atoms with E-state index in [2.05, 4.69) is 9.48 Å². The first-order valence-electron chi connectivity index (χ1n) is 12.9. The van der Waals surface area contributed by atoms with E-state index < -0.39 is 30.7 Å². The third kappa shape index (κ3) is 7.10. The molecule has 8 atom stereocenters. The van der Waals surface area contributed by atoms with Crippen LogP contribution in [0.3, 0.4) is 0 Å². The van der Waals surface area contributed by atoms with Crippen molar-refractivity contribution in [2.45, 2.75) is 110 Å². The molecule has 8 unspecified atom stereocenters. The van der Waals surface area contributed by atoms with Crippen LogP contribution < -0.4 is 0 Å². The summed E-state index contributed by atoms with van der Waals surface area (Å²) < 4.78 is 75.9. The van der Waals surface area contributed by atoms with Gasteiger partial charge in [0.2, 0.25) is 5.04 Å². The lowest BCUT2D eigenvalue weighted by atomic mass is 9.92. The SMILES string of the molecule is CC(CCN1C(=CC2=[N+](CCC(C)S(=O)(=O)O)C3CC(Cl)CCC3S2)OC2CCC(Cl)CC21)S(=O)(=O)[O-]. The molecule has 1 saturated heterocycles. The van der Waals surface area contributed by atoms with Crippen LogP contribution in [0.5, 0.6) is 0 Å². The lowest BCUT2D eigenvalue weighted by Crippen LogP contribution is -2.41. The molecule has 4 aliphatic rings. The molecule has 0 aromatic carbocycles. The molecule has 212 valence electrons. The van der Waals surface area contributed by atoms with Gasteiger partial charge in [0.25, 0.3) is 10.1 Å². The van der Waals surface area contributed by atoms with E-state index >= 15 is 0 Å². The number of hydrogen-bond acceptors (Lipinski definition) is 8. The van der Waals surface area contributed by atoms with Gasteiger partial charge in [-0.2, -0.15) is 8.42 Å². The molecule has 14 heteroatoms. The Morgan fingerprint density at radius 1 is 1.11 bits per heavy atom. The standard InChI is InChI=1S/C23H36Cl2N2O7S3/c1-14(36(28,29)30)7-9-26-18-11-16(24)3-5-20(18)34-22(26)13-23-27(10-8-15(2)37(31,32)33)19-12-17(25)4-6-21(19)35-23/h13-21H,3-12H2,1-2H3,(H-,28,29,30,31,32,33). The van der Waals surface area contributed by atoms with Crippen molar-refractivity contribution in [2.75, 3.05) is 13.1 Å². The van der Waals surface area contributed by atoms with Gasteiger partial charge in [-0.05, 0) is 64.1 Å². The molecule has 0 aromatic heterocycles. The van der Waals surface area contributed by atoms with Gasteiger partial charge in [0.05, 0.1) is 32.7 Å². The van der Waals surface area contributed by atoms with Crippen LogP contribution in [-0.4, -0.2) is 98.2 Å². The summed E-state index contributed by atoms with van der Waals surface area (Å²) in [5.74, 6) is 0.632. The number of alkyl halides is 2. The molecule has 2 aliphatic heterocycles. The number of halogens is 2. The summed E-state index contributed by atoms with van der Waals surface area (Å²) in [5, 5.41) is -0.582. The zero-order valence-corrected chi connectivity index (χ0v) is 25.0. The van der Waals surface area contributed by atoms with E-state index in [4.69, 9.17) is 27.9 Å². The van der Waals surface area contributed by atoms with Crippen LogP contribution >= 0.6 is 35.0 Å². The van der Waals surface area contributed by atoms with Crippen molar-refractivity contribution in [1.29, 1.82) is 0 Å². The molecular formula is C23H36Cl2N2O7S3. The minimum atomic E-state index is -4.39. The van der Waals surface area contributed by atoms with Gasteiger partial charge >= 0.3 is 0 Å². The molecule has 0 radical (unpaired) electrons. The van der Waals surface area contributed by atoms with Crippen LogP contribution in [0.15, 0.2) is 12.0 Å². The maximum atomic E-state index is 11.6. The van der Waals surface area contributed by atoms with E-state index in [1.165, 1.54) is 13.8 Å². The van der Waals surface area contributed by atoms with Gasteiger partial charge in [-0.1, -0.05) is 0 Å². The molecule has 1 N–H and O–H groups in total. The molecule has 2 saturated carbocycles. The molecule has 0 spiro atoms. The Morgan fingerprint density at radius 3 is 2.46 bits per heavy atom. The monoisotopic (exact) mass is 618 g/mol. The van der Waals surface area contributed by atoms with Gasteiger partial charge in [0.1, 0.15) is 12.6 Å². The third-order valence-electron chi connectivity index (χ3n) is 8.09. The fourth-order valence-electron chi connectivity index (χ4n) is 5.67. The highest BCUT2D eigenvalue weighted by Gasteiger charge is 2.48. The molecule has 2 aliphatic carbocycles. The summed E-state index contributed by atoms with van der Waals surface area (Å²) in [4.78, 5) is 2.06. The first-order valence-corrected chi connectivity index (χ1v) is 17.6. The highest BCUT2D eigenvalue weighted by Crippen LogP contribution is 2.42. The van der Waals surface area contributed by atoms with Crippen molar-refractivity contribution in [2.24, 2.45) is 0 Å². The Bertz CT molecular complexity index is 1130.